The van der Waals surface area contributed by atoms with E-state index in [0.717, 1.165) is 38.5 Å². The summed E-state index contributed by atoms with van der Waals surface area (Å²) < 4.78 is 9.74. The SMILES string of the molecule is CCCCCCCCCCCCCC(=O)OC(=O)CCCCC(=O)OC(=O)CCCCCCCCCCCCC. The predicted molar refractivity (Wildman–Crippen MR) is 163 cm³/mol. The molecule has 0 aliphatic heterocycles. The molecule has 0 spiro atoms. The lowest BCUT2D eigenvalue weighted by Gasteiger charge is -2.05. The summed E-state index contributed by atoms with van der Waals surface area (Å²) in [7, 11) is 0. The molecule has 0 aromatic rings. The minimum atomic E-state index is -0.547. The molecule has 40 heavy (non-hydrogen) atoms. The van der Waals surface area contributed by atoms with Crippen LogP contribution in [0.5, 0.6) is 0 Å². The standard InChI is InChI=1S/C34H62O6/c1-3-5-7-9-11-13-15-17-19-21-23-27-31(35)39-33(37)29-25-26-30-34(38)40-32(36)28-24-22-20-18-16-14-12-10-8-6-4-2/h3-30H2,1-2H3. The first-order chi connectivity index (χ1) is 19.5. The van der Waals surface area contributed by atoms with Crippen LogP contribution in [0.1, 0.15) is 194 Å². The maximum absolute atomic E-state index is 11.8. The van der Waals surface area contributed by atoms with Crippen molar-refractivity contribution in [2.75, 3.05) is 0 Å². The Balaban J connectivity index is 3.52. The number of carbonyl (C=O) groups excluding carboxylic acids is 4. The maximum atomic E-state index is 11.8. The van der Waals surface area contributed by atoms with E-state index >= 15 is 0 Å². The Hall–Kier alpha value is -1.72. The van der Waals surface area contributed by atoms with Gasteiger partial charge >= 0.3 is 23.9 Å². The third-order valence-corrected chi connectivity index (χ3v) is 7.44. The Morgan fingerprint density at radius 1 is 0.300 bits per heavy atom. The van der Waals surface area contributed by atoms with Gasteiger partial charge < -0.3 is 9.47 Å². The highest BCUT2D eigenvalue weighted by molar-refractivity contribution is 5.86. The Labute approximate surface area is 246 Å². The van der Waals surface area contributed by atoms with E-state index in [1.807, 2.05) is 0 Å². The minimum absolute atomic E-state index is 0.0873. The van der Waals surface area contributed by atoms with Gasteiger partial charge in [-0.25, -0.2) is 0 Å². The summed E-state index contributed by atoms with van der Waals surface area (Å²) >= 11 is 0. The van der Waals surface area contributed by atoms with Gasteiger partial charge in [0, 0.05) is 25.7 Å². The number of rotatable bonds is 29. The molecule has 0 saturated carbocycles. The van der Waals surface area contributed by atoms with Gasteiger partial charge in [-0.05, 0) is 25.7 Å². The lowest BCUT2D eigenvalue weighted by molar-refractivity contribution is -0.162. The Bertz CT molecular complexity index is 576. The molecule has 0 rings (SSSR count). The number of hydrogen-bond acceptors (Lipinski definition) is 6. The van der Waals surface area contributed by atoms with E-state index in [1.165, 1.54) is 103 Å². The maximum Gasteiger partial charge on any atom is 0.313 e. The molecular formula is C34H62O6. The van der Waals surface area contributed by atoms with Gasteiger partial charge in [-0.1, -0.05) is 142 Å². The molecule has 0 aromatic carbocycles. The fourth-order valence-electron chi connectivity index (χ4n) is 4.86. The molecule has 6 nitrogen and oxygen atoms in total. The normalized spacial score (nSPS) is 10.9. The Morgan fingerprint density at radius 3 is 0.700 bits per heavy atom. The van der Waals surface area contributed by atoms with Gasteiger partial charge in [-0.2, -0.15) is 0 Å². The van der Waals surface area contributed by atoms with Crippen LogP contribution in [0.3, 0.4) is 0 Å². The lowest BCUT2D eigenvalue weighted by Crippen LogP contribution is -2.13. The van der Waals surface area contributed by atoms with E-state index in [1.54, 1.807) is 0 Å². The minimum Gasteiger partial charge on any atom is -0.393 e. The fourth-order valence-corrected chi connectivity index (χ4v) is 4.86. The van der Waals surface area contributed by atoms with Gasteiger partial charge in [0.05, 0.1) is 0 Å². The van der Waals surface area contributed by atoms with Crippen LogP contribution in [0.4, 0.5) is 0 Å². The van der Waals surface area contributed by atoms with Gasteiger partial charge in [0.1, 0.15) is 0 Å². The van der Waals surface area contributed by atoms with Gasteiger partial charge in [0.15, 0.2) is 0 Å². The first kappa shape index (κ1) is 38.3. The van der Waals surface area contributed by atoms with E-state index in [4.69, 9.17) is 9.47 Å². The van der Waals surface area contributed by atoms with E-state index in [0.29, 0.717) is 12.8 Å². The quantitative estimate of drug-likeness (QED) is 0.0508. The summed E-state index contributed by atoms with van der Waals surface area (Å²) in [4.78, 5) is 47.4. The van der Waals surface area contributed by atoms with Crippen LogP contribution in [0.2, 0.25) is 0 Å². The molecule has 0 fully saturated rings. The molecule has 0 saturated heterocycles. The molecular weight excluding hydrogens is 504 g/mol. The monoisotopic (exact) mass is 566 g/mol. The van der Waals surface area contributed by atoms with E-state index < -0.39 is 23.9 Å². The molecule has 0 unspecified atom stereocenters. The first-order valence-electron chi connectivity index (χ1n) is 17.0. The van der Waals surface area contributed by atoms with Crippen molar-refractivity contribution in [2.45, 2.75) is 194 Å². The second kappa shape index (κ2) is 30.2. The van der Waals surface area contributed by atoms with Crippen molar-refractivity contribution in [2.24, 2.45) is 0 Å². The second-order valence-corrected chi connectivity index (χ2v) is 11.5. The summed E-state index contributed by atoms with van der Waals surface area (Å²) in [5.41, 5.74) is 0. The Kier molecular flexibility index (Phi) is 28.9. The number of carbonyl (C=O) groups is 4. The zero-order valence-corrected chi connectivity index (χ0v) is 26.2. The van der Waals surface area contributed by atoms with E-state index in [-0.39, 0.29) is 25.7 Å². The van der Waals surface area contributed by atoms with Crippen molar-refractivity contribution in [3.05, 3.63) is 0 Å². The first-order valence-corrected chi connectivity index (χ1v) is 17.0. The van der Waals surface area contributed by atoms with Crippen LogP contribution in [-0.4, -0.2) is 23.9 Å². The van der Waals surface area contributed by atoms with E-state index in [2.05, 4.69) is 13.8 Å². The summed E-state index contributed by atoms with van der Waals surface area (Å²) in [5, 5.41) is 0. The highest BCUT2D eigenvalue weighted by Gasteiger charge is 2.13. The van der Waals surface area contributed by atoms with Crippen LogP contribution in [0, 0.1) is 0 Å². The average molecular weight is 567 g/mol. The summed E-state index contributed by atoms with van der Waals surface area (Å²) in [6, 6.07) is 0. The molecule has 0 aromatic heterocycles. The number of esters is 4. The van der Waals surface area contributed by atoms with Gasteiger partial charge in [0.25, 0.3) is 0 Å². The summed E-state index contributed by atoms with van der Waals surface area (Å²) in [6.45, 7) is 4.47. The molecule has 0 aliphatic rings. The third kappa shape index (κ3) is 29.3. The van der Waals surface area contributed by atoms with E-state index in [9.17, 15) is 19.2 Å². The number of unbranched alkanes of at least 4 members (excludes halogenated alkanes) is 21. The molecule has 234 valence electrons. The van der Waals surface area contributed by atoms with Crippen molar-refractivity contribution in [3.8, 4) is 0 Å². The zero-order chi connectivity index (χ0) is 29.5. The number of ether oxygens (including phenoxy) is 2. The van der Waals surface area contributed by atoms with Crippen molar-refractivity contribution >= 4 is 23.9 Å². The average Bonchev–Trinajstić information content (AvgIpc) is 2.92. The van der Waals surface area contributed by atoms with Crippen LogP contribution >= 0.6 is 0 Å². The molecule has 0 N–H and O–H groups in total. The smallest absolute Gasteiger partial charge is 0.313 e. The molecule has 0 radical (unpaired) electrons. The molecule has 6 heteroatoms. The van der Waals surface area contributed by atoms with Crippen molar-refractivity contribution in [1.82, 2.24) is 0 Å². The molecule has 0 atom stereocenters. The van der Waals surface area contributed by atoms with Crippen molar-refractivity contribution in [3.63, 3.8) is 0 Å². The highest BCUT2D eigenvalue weighted by atomic mass is 16.6. The second-order valence-electron chi connectivity index (χ2n) is 11.5. The fraction of sp³-hybridized carbons (Fsp3) is 0.882. The van der Waals surface area contributed by atoms with Crippen LogP contribution in [0.25, 0.3) is 0 Å². The van der Waals surface area contributed by atoms with Crippen LogP contribution in [0.15, 0.2) is 0 Å². The third-order valence-electron chi connectivity index (χ3n) is 7.44. The molecule has 0 aliphatic carbocycles. The van der Waals surface area contributed by atoms with Gasteiger partial charge in [-0.3, -0.25) is 19.2 Å². The largest absolute Gasteiger partial charge is 0.393 e. The Morgan fingerprint density at radius 2 is 0.475 bits per heavy atom. The summed E-state index contributed by atoms with van der Waals surface area (Å²) in [6.07, 6.45) is 28.1. The summed E-state index contributed by atoms with van der Waals surface area (Å²) in [5.74, 6) is -2.02. The van der Waals surface area contributed by atoms with Crippen LogP contribution in [-0.2, 0) is 28.7 Å². The molecule has 0 bridgehead atoms. The topological polar surface area (TPSA) is 86.7 Å². The number of hydrogen-bond donors (Lipinski definition) is 0. The zero-order valence-electron chi connectivity index (χ0n) is 26.2. The molecule has 0 heterocycles. The lowest BCUT2D eigenvalue weighted by atomic mass is 10.1. The predicted octanol–water partition coefficient (Wildman–Crippen LogP) is 10.1. The molecule has 0 amide bonds. The van der Waals surface area contributed by atoms with Crippen LogP contribution < -0.4 is 0 Å². The van der Waals surface area contributed by atoms with Gasteiger partial charge in [0.2, 0.25) is 0 Å². The van der Waals surface area contributed by atoms with Crippen molar-refractivity contribution < 1.29 is 28.7 Å². The van der Waals surface area contributed by atoms with Gasteiger partial charge in [-0.15, -0.1) is 0 Å². The van der Waals surface area contributed by atoms with Crippen molar-refractivity contribution in [1.29, 1.82) is 0 Å². The highest BCUT2D eigenvalue weighted by Crippen LogP contribution is 2.14.